The molecule has 140 valence electrons. The van der Waals surface area contributed by atoms with Crippen molar-refractivity contribution in [3.8, 4) is 16.9 Å². The lowest BCUT2D eigenvalue weighted by atomic mass is 10.1. The predicted octanol–water partition coefficient (Wildman–Crippen LogP) is 3.66. The van der Waals surface area contributed by atoms with Crippen molar-refractivity contribution in [2.24, 2.45) is 7.05 Å². The first kappa shape index (κ1) is 17.5. The largest absolute Gasteiger partial charge is 0.508 e. The first-order valence-electron chi connectivity index (χ1n) is 8.68. The minimum atomic E-state index is -0.362. The van der Waals surface area contributed by atoms with Crippen LogP contribution in [0.4, 0.5) is 5.69 Å². The van der Waals surface area contributed by atoms with E-state index in [1.807, 2.05) is 31.4 Å². The zero-order valence-electron chi connectivity index (χ0n) is 15.4. The number of aromatic hydroxyl groups is 1. The number of phenols is 1. The predicted molar refractivity (Wildman–Crippen MR) is 107 cm³/mol. The molecule has 4 rings (SSSR count). The summed E-state index contributed by atoms with van der Waals surface area (Å²) in [5, 5.41) is 17.3. The molecule has 2 aromatic carbocycles. The van der Waals surface area contributed by atoms with Gasteiger partial charge in [0, 0.05) is 43.0 Å². The number of hydrogen-bond donors (Lipinski definition) is 2. The molecule has 4 aromatic rings. The maximum Gasteiger partial charge on any atom is 0.257 e. The van der Waals surface area contributed by atoms with Crippen molar-refractivity contribution in [3.63, 3.8) is 0 Å². The lowest BCUT2D eigenvalue weighted by Gasteiger charge is -2.06. The Balaban J connectivity index is 1.69. The summed E-state index contributed by atoms with van der Waals surface area (Å²) >= 11 is 0. The second-order valence-corrected chi connectivity index (χ2v) is 6.57. The molecule has 0 saturated carbocycles. The van der Waals surface area contributed by atoms with Gasteiger partial charge in [0.05, 0.1) is 17.3 Å². The summed E-state index contributed by atoms with van der Waals surface area (Å²) < 4.78 is 3.11. The number of anilines is 1. The maximum atomic E-state index is 12.9. The summed E-state index contributed by atoms with van der Waals surface area (Å²) in [5.41, 5.74) is 3.37. The van der Waals surface area contributed by atoms with E-state index in [1.165, 1.54) is 29.8 Å². The third kappa shape index (κ3) is 3.14. The monoisotopic (exact) mass is 374 g/mol. The molecule has 0 spiro atoms. The molecule has 0 radical (unpaired) electrons. The van der Waals surface area contributed by atoms with Gasteiger partial charge in [0.15, 0.2) is 0 Å². The first-order chi connectivity index (χ1) is 13.4. The van der Waals surface area contributed by atoms with Crippen LogP contribution in [0.3, 0.4) is 0 Å². The van der Waals surface area contributed by atoms with E-state index in [4.69, 9.17) is 0 Å². The number of nitrogens with zero attached hydrogens (tertiary/aromatic N) is 3. The number of nitrogens with one attached hydrogen (secondary N) is 1. The highest BCUT2D eigenvalue weighted by Crippen LogP contribution is 2.27. The molecule has 7 nitrogen and oxygen atoms in total. The van der Waals surface area contributed by atoms with Crippen LogP contribution >= 0.6 is 0 Å². The Morgan fingerprint density at radius 2 is 1.89 bits per heavy atom. The number of amides is 1. The average Bonchev–Trinajstić information content (AvgIpc) is 3.25. The van der Waals surface area contributed by atoms with Gasteiger partial charge in [-0.05, 0) is 35.9 Å². The van der Waals surface area contributed by atoms with E-state index in [-0.39, 0.29) is 17.6 Å². The van der Waals surface area contributed by atoms with E-state index >= 15 is 0 Å². The van der Waals surface area contributed by atoms with Crippen molar-refractivity contribution < 1.29 is 14.7 Å². The molecule has 2 heterocycles. The van der Waals surface area contributed by atoms with Crippen LogP contribution in [-0.4, -0.2) is 31.3 Å². The number of hydrogen-bond acceptors (Lipinski definition) is 4. The highest BCUT2D eigenvalue weighted by molar-refractivity contribution is 6.14. The fraction of sp³-hybridized carbons (Fsp3) is 0.0952. The van der Waals surface area contributed by atoms with Crippen LogP contribution in [0, 0.1) is 0 Å². The molecule has 0 aliphatic rings. The number of aromatic nitrogens is 3. The first-order valence-corrected chi connectivity index (χ1v) is 8.68. The number of aryl methyl sites for hydroxylation is 1. The minimum Gasteiger partial charge on any atom is -0.508 e. The molecule has 0 aliphatic heterocycles. The van der Waals surface area contributed by atoms with Crippen LogP contribution in [0.2, 0.25) is 0 Å². The van der Waals surface area contributed by atoms with Crippen molar-refractivity contribution in [1.82, 2.24) is 14.3 Å². The second kappa shape index (κ2) is 6.70. The molecule has 0 saturated heterocycles. The van der Waals surface area contributed by atoms with E-state index in [9.17, 15) is 14.7 Å². The lowest BCUT2D eigenvalue weighted by molar-refractivity contribution is 0.0941. The summed E-state index contributed by atoms with van der Waals surface area (Å²) in [7, 11) is 1.84. The molecule has 0 aliphatic carbocycles. The summed E-state index contributed by atoms with van der Waals surface area (Å²) in [6.07, 6.45) is 5.14. The van der Waals surface area contributed by atoms with Crippen LogP contribution in [0.5, 0.6) is 5.75 Å². The summed E-state index contributed by atoms with van der Waals surface area (Å²) in [5.74, 6) is -0.548. The van der Waals surface area contributed by atoms with Crippen molar-refractivity contribution in [2.45, 2.75) is 6.92 Å². The fourth-order valence-corrected chi connectivity index (χ4v) is 3.20. The Morgan fingerprint density at radius 3 is 2.61 bits per heavy atom. The van der Waals surface area contributed by atoms with Crippen LogP contribution in [-0.2, 0) is 7.05 Å². The number of carbonyl (C=O) groups is 2. The smallest absolute Gasteiger partial charge is 0.257 e. The number of carbonyl (C=O) groups excluding carboxylic acids is 2. The van der Waals surface area contributed by atoms with Gasteiger partial charge in [-0.2, -0.15) is 5.10 Å². The van der Waals surface area contributed by atoms with Gasteiger partial charge in [-0.15, -0.1) is 0 Å². The standard InChI is InChI=1S/C21H18N4O3/c1-13(26)25-12-19(18-9-17(27)6-7-20(18)25)21(28)23-16-5-3-4-14(8-16)15-10-22-24(2)11-15/h3-12,27H,1-2H3,(H,23,28). The molecule has 1 amide bonds. The van der Waals surface area contributed by atoms with Crippen molar-refractivity contribution in [2.75, 3.05) is 5.32 Å². The van der Waals surface area contributed by atoms with E-state index in [2.05, 4.69) is 10.4 Å². The molecule has 0 atom stereocenters. The van der Waals surface area contributed by atoms with Gasteiger partial charge in [-0.1, -0.05) is 12.1 Å². The molecule has 0 bridgehead atoms. The second-order valence-electron chi connectivity index (χ2n) is 6.57. The third-order valence-electron chi connectivity index (χ3n) is 4.53. The van der Waals surface area contributed by atoms with Gasteiger partial charge in [-0.3, -0.25) is 18.8 Å². The molecule has 0 fully saturated rings. The highest BCUT2D eigenvalue weighted by atomic mass is 16.3. The van der Waals surface area contributed by atoms with Gasteiger partial charge < -0.3 is 10.4 Å². The molecular formula is C21H18N4O3. The Hall–Kier alpha value is -3.87. The SMILES string of the molecule is CC(=O)n1cc(C(=O)Nc2cccc(-c3cnn(C)c3)c2)c2cc(O)ccc21. The zero-order valence-corrected chi connectivity index (χ0v) is 15.4. The van der Waals surface area contributed by atoms with Crippen molar-refractivity contribution in [3.05, 3.63) is 66.6 Å². The van der Waals surface area contributed by atoms with E-state index in [1.54, 1.807) is 23.0 Å². The molecule has 28 heavy (non-hydrogen) atoms. The zero-order chi connectivity index (χ0) is 19.8. The Morgan fingerprint density at radius 1 is 1.07 bits per heavy atom. The average molecular weight is 374 g/mol. The molecule has 2 aromatic heterocycles. The van der Waals surface area contributed by atoms with Crippen molar-refractivity contribution in [1.29, 1.82) is 0 Å². The van der Waals surface area contributed by atoms with E-state index < -0.39 is 0 Å². The van der Waals surface area contributed by atoms with E-state index in [0.29, 0.717) is 22.2 Å². The number of fused-ring (bicyclic) bond motifs is 1. The van der Waals surface area contributed by atoms with Crippen molar-refractivity contribution >= 4 is 28.4 Å². The maximum absolute atomic E-state index is 12.9. The van der Waals surface area contributed by atoms with Crippen LogP contribution in [0.1, 0.15) is 22.1 Å². The van der Waals surface area contributed by atoms with Gasteiger partial charge in [-0.25, -0.2) is 0 Å². The lowest BCUT2D eigenvalue weighted by Crippen LogP contribution is -2.12. The fourth-order valence-electron chi connectivity index (χ4n) is 3.20. The third-order valence-corrected chi connectivity index (χ3v) is 4.53. The normalized spacial score (nSPS) is 10.9. The summed E-state index contributed by atoms with van der Waals surface area (Å²) in [6, 6.07) is 12.0. The van der Waals surface area contributed by atoms with Gasteiger partial charge in [0.1, 0.15) is 5.75 Å². The highest BCUT2D eigenvalue weighted by Gasteiger charge is 2.18. The molecule has 2 N–H and O–H groups in total. The quantitative estimate of drug-likeness (QED) is 0.573. The number of phenolic OH excluding ortho intramolecular Hbond substituents is 1. The van der Waals surface area contributed by atoms with Crippen LogP contribution < -0.4 is 5.32 Å². The van der Waals surface area contributed by atoms with Crippen LogP contribution in [0.15, 0.2) is 61.1 Å². The van der Waals surface area contributed by atoms with E-state index in [0.717, 1.165) is 11.1 Å². The molecule has 7 heteroatoms. The van der Waals surface area contributed by atoms with Gasteiger partial charge in [0.25, 0.3) is 5.91 Å². The van der Waals surface area contributed by atoms with Gasteiger partial charge in [0.2, 0.25) is 5.91 Å². The Kier molecular flexibility index (Phi) is 4.19. The topological polar surface area (TPSA) is 89.2 Å². The Bertz CT molecular complexity index is 1220. The molecule has 0 unspecified atom stereocenters. The van der Waals surface area contributed by atoms with Gasteiger partial charge >= 0.3 is 0 Å². The number of benzene rings is 2. The summed E-state index contributed by atoms with van der Waals surface area (Å²) in [6.45, 7) is 1.42. The molecular weight excluding hydrogens is 356 g/mol. The van der Waals surface area contributed by atoms with Crippen LogP contribution in [0.25, 0.3) is 22.0 Å². The summed E-state index contributed by atoms with van der Waals surface area (Å²) in [4.78, 5) is 24.8. The Labute approximate surface area is 160 Å². The number of rotatable bonds is 3. The minimum absolute atomic E-state index is 0.0291.